The fraction of sp³-hybridized carbons (Fsp3) is 0.0137. The van der Waals surface area contributed by atoms with E-state index < -0.39 is 5.41 Å². The summed E-state index contributed by atoms with van der Waals surface area (Å²) in [5.41, 5.74) is 21.9. The Bertz CT molecular complexity index is 3600. The summed E-state index contributed by atoms with van der Waals surface area (Å²) in [6.45, 7) is 0. The second-order valence-electron chi connectivity index (χ2n) is 19.7. The van der Waals surface area contributed by atoms with Gasteiger partial charge in [0.05, 0.1) is 11.1 Å². The number of hydrogen-bond acceptors (Lipinski definition) is 4. The predicted octanol–water partition coefficient (Wildman–Crippen LogP) is 19.9. The average Bonchev–Trinajstić information content (AvgIpc) is 3.84. The van der Waals surface area contributed by atoms with E-state index >= 15 is 0 Å². The van der Waals surface area contributed by atoms with E-state index in [1.807, 2.05) is 0 Å². The standard InChI is InChI=1S/C73H52N4/c1-9-26-53(27-10-1)74(54-28-11-2-12-29-54)61-44-47-64-65-48-45-62(75(55-30-13-3-14-31-55)56-32-15-4-16-33-56)51-69(65)73(68(64)50-61)70-52-63(76(57-34-17-5-18-35-57)58-36-19-6-20-37-58)46-49-66(70)67-42-25-43-71(72(67)73)77(59-38-21-7-22-39-59)60-40-23-8-24-41-60/h1-52H. The summed E-state index contributed by atoms with van der Waals surface area (Å²) in [6, 6.07) is 115. The van der Waals surface area contributed by atoms with Crippen LogP contribution in [0.5, 0.6) is 0 Å². The number of nitrogens with zero attached hydrogens (tertiary/aromatic N) is 4. The third kappa shape index (κ3) is 7.69. The van der Waals surface area contributed by atoms with E-state index in [4.69, 9.17) is 0 Å². The van der Waals surface area contributed by atoms with Crippen LogP contribution in [0.2, 0.25) is 0 Å². The molecule has 0 fully saturated rings. The summed E-state index contributed by atoms with van der Waals surface area (Å²) in [5, 5.41) is 0. The van der Waals surface area contributed by atoms with Crippen LogP contribution in [0.1, 0.15) is 22.3 Å². The van der Waals surface area contributed by atoms with Gasteiger partial charge in [-0.1, -0.05) is 176 Å². The fourth-order valence-corrected chi connectivity index (χ4v) is 12.2. The van der Waals surface area contributed by atoms with Crippen LogP contribution in [0.25, 0.3) is 22.3 Å². The molecule has 0 aliphatic heterocycles. The fourth-order valence-electron chi connectivity index (χ4n) is 12.2. The molecule has 4 nitrogen and oxygen atoms in total. The lowest BCUT2D eigenvalue weighted by Gasteiger charge is -2.37. The zero-order chi connectivity index (χ0) is 51.1. The predicted molar refractivity (Wildman–Crippen MR) is 321 cm³/mol. The first-order valence-corrected chi connectivity index (χ1v) is 26.4. The highest BCUT2D eigenvalue weighted by molar-refractivity contribution is 6.02. The lowest BCUT2D eigenvalue weighted by molar-refractivity contribution is 0.792. The van der Waals surface area contributed by atoms with Gasteiger partial charge in [-0.2, -0.15) is 0 Å². The van der Waals surface area contributed by atoms with Crippen molar-refractivity contribution in [3.63, 3.8) is 0 Å². The Morgan fingerprint density at radius 3 is 0.701 bits per heavy atom. The van der Waals surface area contributed by atoms with Crippen molar-refractivity contribution >= 4 is 68.2 Å². The van der Waals surface area contributed by atoms with E-state index in [-0.39, 0.29) is 0 Å². The average molecular weight is 985 g/mol. The lowest BCUT2D eigenvalue weighted by Crippen LogP contribution is -2.29. The second kappa shape index (κ2) is 19.3. The highest BCUT2D eigenvalue weighted by atomic mass is 15.2. The van der Waals surface area contributed by atoms with Crippen molar-refractivity contribution in [3.8, 4) is 22.3 Å². The molecule has 364 valence electrons. The smallest absolute Gasteiger partial charge is 0.0748 e. The van der Waals surface area contributed by atoms with Gasteiger partial charge in [-0.05, 0) is 178 Å². The summed E-state index contributed by atoms with van der Waals surface area (Å²) >= 11 is 0. The Labute approximate surface area is 450 Å². The normalized spacial score (nSPS) is 12.3. The van der Waals surface area contributed by atoms with Gasteiger partial charge in [0.15, 0.2) is 0 Å². The molecule has 0 saturated heterocycles. The highest BCUT2D eigenvalue weighted by Gasteiger charge is 2.54. The topological polar surface area (TPSA) is 13.0 Å². The van der Waals surface area contributed by atoms with Crippen LogP contribution in [0, 0.1) is 0 Å². The minimum absolute atomic E-state index is 0.868. The molecule has 12 aromatic rings. The van der Waals surface area contributed by atoms with Crippen LogP contribution >= 0.6 is 0 Å². The molecule has 0 heterocycles. The summed E-state index contributed by atoms with van der Waals surface area (Å²) in [5.74, 6) is 0. The van der Waals surface area contributed by atoms with Crippen molar-refractivity contribution in [2.45, 2.75) is 5.41 Å². The minimum Gasteiger partial charge on any atom is -0.310 e. The minimum atomic E-state index is -0.868. The van der Waals surface area contributed by atoms with E-state index in [1.54, 1.807) is 0 Å². The Kier molecular flexibility index (Phi) is 11.4. The Hall–Kier alpha value is -10.2. The quantitative estimate of drug-likeness (QED) is 0.121. The van der Waals surface area contributed by atoms with E-state index in [9.17, 15) is 0 Å². The molecule has 0 saturated carbocycles. The molecule has 0 aromatic heterocycles. The van der Waals surface area contributed by atoms with E-state index in [0.29, 0.717) is 0 Å². The summed E-state index contributed by atoms with van der Waals surface area (Å²) < 4.78 is 0. The number of para-hydroxylation sites is 8. The van der Waals surface area contributed by atoms with Crippen LogP contribution in [0.15, 0.2) is 315 Å². The number of hydrogen-bond donors (Lipinski definition) is 0. The van der Waals surface area contributed by atoms with Gasteiger partial charge in [-0.25, -0.2) is 0 Å². The maximum atomic E-state index is 2.50. The maximum absolute atomic E-state index is 2.50. The number of benzene rings is 12. The van der Waals surface area contributed by atoms with Crippen molar-refractivity contribution in [1.29, 1.82) is 0 Å². The van der Waals surface area contributed by atoms with Crippen LogP contribution in [-0.2, 0) is 5.41 Å². The van der Waals surface area contributed by atoms with Crippen LogP contribution in [-0.4, -0.2) is 0 Å². The third-order valence-corrected chi connectivity index (χ3v) is 15.3. The van der Waals surface area contributed by atoms with Crippen molar-refractivity contribution in [1.82, 2.24) is 0 Å². The molecule has 0 N–H and O–H groups in total. The molecule has 0 radical (unpaired) electrons. The van der Waals surface area contributed by atoms with Gasteiger partial charge in [-0.3, -0.25) is 0 Å². The van der Waals surface area contributed by atoms with Gasteiger partial charge in [0.25, 0.3) is 0 Å². The molecule has 77 heavy (non-hydrogen) atoms. The number of fused-ring (bicyclic) bond motifs is 10. The largest absolute Gasteiger partial charge is 0.310 e. The van der Waals surface area contributed by atoms with Gasteiger partial charge in [0.2, 0.25) is 0 Å². The van der Waals surface area contributed by atoms with E-state index in [0.717, 1.165) is 68.2 Å². The molecule has 0 bridgehead atoms. The molecule has 1 spiro atoms. The number of rotatable bonds is 12. The summed E-state index contributed by atoms with van der Waals surface area (Å²) in [7, 11) is 0. The zero-order valence-corrected chi connectivity index (χ0v) is 42.3. The van der Waals surface area contributed by atoms with Gasteiger partial charge in [0.1, 0.15) is 0 Å². The van der Waals surface area contributed by atoms with Crippen molar-refractivity contribution < 1.29 is 0 Å². The molecule has 0 atom stereocenters. The number of anilines is 12. The second-order valence-corrected chi connectivity index (χ2v) is 19.7. The Morgan fingerprint density at radius 2 is 0.429 bits per heavy atom. The molecule has 14 rings (SSSR count). The summed E-state index contributed by atoms with van der Waals surface area (Å²) in [4.78, 5) is 9.68. The molecular formula is C73H52N4. The Balaban J connectivity index is 1.13. The van der Waals surface area contributed by atoms with Gasteiger partial charge >= 0.3 is 0 Å². The SMILES string of the molecule is c1ccc(N(c2ccccc2)c2ccc3c(c2)C2(c4cc(N(c5ccccc5)c5ccccc5)ccc4-3)c3cc(N(c4ccccc4)c4ccccc4)ccc3-c3cccc(N(c4ccccc4)c4ccccc4)c32)cc1. The van der Waals surface area contributed by atoms with Crippen molar-refractivity contribution in [3.05, 3.63) is 338 Å². The monoisotopic (exact) mass is 984 g/mol. The maximum Gasteiger partial charge on any atom is 0.0748 e. The van der Waals surface area contributed by atoms with E-state index in [1.165, 1.54) is 44.5 Å². The van der Waals surface area contributed by atoms with Gasteiger partial charge in [-0.15, -0.1) is 0 Å². The molecule has 4 heteroatoms. The van der Waals surface area contributed by atoms with Crippen LogP contribution in [0.4, 0.5) is 68.2 Å². The molecular weight excluding hydrogens is 933 g/mol. The first-order chi connectivity index (χ1) is 38.2. The molecule has 0 amide bonds. The molecule has 12 aromatic carbocycles. The first kappa shape index (κ1) is 45.5. The molecule has 2 aliphatic carbocycles. The van der Waals surface area contributed by atoms with Gasteiger partial charge in [0, 0.05) is 68.1 Å². The third-order valence-electron chi connectivity index (χ3n) is 15.3. The van der Waals surface area contributed by atoms with Gasteiger partial charge < -0.3 is 19.6 Å². The highest BCUT2D eigenvalue weighted by Crippen LogP contribution is 2.67. The van der Waals surface area contributed by atoms with Crippen molar-refractivity contribution in [2.24, 2.45) is 0 Å². The molecule has 0 unspecified atom stereocenters. The Morgan fingerprint density at radius 1 is 0.182 bits per heavy atom. The zero-order valence-electron chi connectivity index (χ0n) is 42.3. The molecule has 2 aliphatic rings. The first-order valence-electron chi connectivity index (χ1n) is 26.4. The van der Waals surface area contributed by atoms with E-state index in [2.05, 4.69) is 335 Å². The van der Waals surface area contributed by atoms with Crippen LogP contribution in [0.3, 0.4) is 0 Å². The van der Waals surface area contributed by atoms with Crippen molar-refractivity contribution in [2.75, 3.05) is 19.6 Å². The summed E-state index contributed by atoms with van der Waals surface area (Å²) in [6.07, 6.45) is 0. The van der Waals surface area contributed by atoms with Crippen LogP contribution < -0.4 is 19.6 Å². The lowest BCUT2D eigenvalue weighted by atomic mass is 9.69.